The Bertz CT molecular complexity index is 1110. The minimum Gasteiger partial charge on any atom is -0.451 e. The van der Waals surface area contributed by atoms with E-state index in [-0.39, 0.29) is 21.2 Å². The van der Waals surface area contributed by atoms with Gasteiger partial charge >= 0.3 is 11.9 Å². The Balaban J connectivity index is 1.75. The molecule has 162 valence electrons. The lowest BCUT2D eigenvalue weighted by molar-refractivity contribution is -0.157. The Morgan fingerprint density at radius 1 is 0.625 bits per heavy atom. The zero-order valence-corrected chi connectivity index (χ0v) is 17.5. The molecular weight excluding hydrogens is 463 g/mol. The number of cyclic esters (lactones) is 2. The summed E-state index contributed by atoms with van der Waals surface area (Å²) in [7, 11) is 0. The monoisotopic (exact) mass is 474 g/mol. The highest BCUT2D eigenvalue weighted by atomic mass is 35.5. The SMILES string of the molecule is O=C1O[C@@H]([C@H]2OC(=O)C(=O)[C@H]2C(=O)c2ccccc2Cl)[C@@H](C(=O)c2ccccc2Cl)C1=O. The molecule has 8 nitrogen and oxygen atoms in total. The van der Waals surface area contributed by atoms with Gasteiger partial charge in [0, 0.05) is 11.1 Å². The minimum atomic E-state index is -1.76. The van der Waals surface area contributed by atoms with Gasteiger partial charge in [-0.15, -0.1) is 0 Å². The van der Waals surface area contributed by atoms with Gasteiger partial charge in [-0.2, -0.15) is 0 Å². The van der Waals surface area contributed by atoms with Gasteiger partial charge in [0.1, 0.15) is 11.8 Å². The molecule has 0 spiro atoms. The zero-order chi connectivity index (χ0) is 23.2. The first-order chi connectivity index (χ1) is 15.2. The van der Waals surface area contributed by atoms with Crippen molar-refractivity contribution in [3.63, 3.8) is 0 Å². The van der Waals surface area contributed by atoms with Crippen LogP contribution in [0.2, 0.25) is 10.0 Å². The highest BCUT2D eigenvalue weighted by molar-refractivity contribution is 6.45. The molecule has 2 aromatic rings. The molecule has 32 heavy (non-hydrogen) atoms. The smallest absolute Gasteiger partial charge is 0.376 e. The van der Waals surface area contributed by atoms with Crippen LogP contribution in [0.5, 0.6) is 0 Å². The summed E-state index contributed by atoms with van der Waals surface area (Å²) in [5, 5.41) is 0.0400. The van der Waals surface area contributed by atoms with Crippen LogP contribution in [0.4, 0.5) is 0 Å². The van der Waals surface area contributed by atoms with E-state index in [1.54, 1.807) is 12.1 Å². The normalized spacial score (nSPS) is 24.9. The number of ketones is 4. The number of halogens is 2. The Labute approximate surface area is 190 Å². The third-order valence-corrected chi connectivity index (χ3v) is 5.94. The predicted molar refractivity (Wildman–Crippen MR) is 108 cm³/mol. The zero-order valence-electron chi connectivity index (χ0n) is 16.0. The van der Waals surface area contributed by atoms with Gasteiger partial charge in [-0.25, -0.2) is 9.59 Å². The molecule has 0 bridgehead atoms. The van der Waals surface area contributed by atoms with E-state index in [1.807, 2.05) is 0 Å². The molecule has 0 N–H and O–H groups in total. The maximum atomic E-state index is 13.1. The molecule has 2 aliphatic rings. The summed E-state index contributed by atoms with van der Waals surface area (Å²) in [6, 6.07) is 11.6. The number of Topliss-reactive ketones (excluding diaryl/α,β-unsaturated/α-hetero) is 4. The van der Waals surface area contributed by atoms with Gasteiger partial charge in [0.05, 0.1) is 10.0 Å². The number of hydrogen-bond acceptors (Lipinski definition) is 8. The highest BCUT2D eigenvalue weighted by Gasteiger charge is 2.60. The Hall–Kier alpha value is -3.36. The maximum Gasteiger partial charge on any atom is 0.376 e. The lowest BCUT2D eigenvalue weighted by Gasteiger charge is -2.24. The summed E-state index contributed by atoms with van der Waals surface area (Å²) >= 11 is 12.1. The largest absolute Gasteiger partial charge is 0.451 e. The van der Waals surface area contributed by atoms with Gasteiger partial charge in [0.25, 0.3) is 11.6 Å². The molecule has 2 saturated heterocycles. The number of hydrogen-bond donors (Lipinski definition) is 0. The van der Waals surface area contributed by atoms with E-state index in [0.717, 1.165) is 0 Å². The fraction of sp³-hybridized carbons (Fsp3) is 0.182. The molecule has 0 saturated carbocycles. The first kappa shape index (κ1) is 21.9. The molecular formula is C22H12Cl2O8. The number of carbonyl (C=O) groups excluding carboxylic acids is 6. The van der Waals surface area contributed by atoms with Crippen LogP contribution in [0, 0.1) is 11.8 Å². The second-order valence-electron chi connectivity index (χ2n) is 7.11. The maximum absolute atomic E-state index is 13.1. The summed E-state index contributed by atoms with van der Waals surface area (Å²) in [6.45, 7) is 0. The van der Waals surface area contributed by atoms with Crippen molar-refractivity contribution < 1.29 is 38.2 Å². The van der Waals surface area contributed by atoms with Crippen LogP contribution in [-0.4, -0.2) is 47.3 Å². The van der Waals surface area contributed by atoms with Crippen molar-refractivity contribution >= 4 is 58.3 Å². The van der Waals surface area contributed by atoms with Gasteiger partial charge in [-0.3, -0.25) is 19.2 Å². The summed E-state index contributed by atoms with van der Waals surface area (Å²) in [4.78, 5) is 75.3. The Kier molecular flexibility index (Phi) is 5.66. The lowest BCUT2D eigenvalue weighted by atomic mass is 9.81. The van der Waals surface area contributed by atoms with Crippen molar-refractivity contribution in [2.24, 2.45) is 11.8 Å². The molecule has 0 amide bonds. The first-order valence-electron chi connectivity index (χ1n) is 9.29. The summed E-state index contributed by atoms with van der Waals surface area (Å²) in [6.07, 6.45) is -3.38. The van der Waals surface area contributed by atoms with E-state index in [4.69, 9.17) is 32.7 Å². The van der Waals surface area contributed by atoms with Gasteiger partial charge in [-0.05, 0) is 24.3 Å². The molecule has 2 aliphatic heterocycles. The van der Waals surface area contributed by atoms with Crippen LogP contribution in [-0.2, 0) is 28.7 Å². The number of benzene rings is 2. The van der Waals surface area contributed by atoms with Crippen LogP contribution in [0.1, 0.15) is 20.7 Å². The number of esters is 2. The van der Waals surface area contributed by atoms with Gasteiger partial charge in [0.2, 0.25) is 0 Å². The van der Waals surface area contributed by atoms with Crippen LogP contribution >= 0.6 is 23.2 Å². The summed E-state index contributed by atoms with van der Waals surface area (Å²) in [5.74, 6) is -10.3. The number of ether oxygens (including phenoxy) is 2. The third-order valence-electron chi connectivity index (χ3n) is 5.28. The Morgan fingerprint density at radius 3 is 1.31 bits per heavy atom. The van der Waals surface area contributed by atoms with E-state index in [2.05, 4.69) is 0 Å². The minimum absolute atomic E-state index is 0.0200. The van der Waals surface area contributed by atoms with Crippen molar-refractivity contribution in [2.75, 3.05) is 0 Å². The van der Waals surface area contributed by atoms with Crippen LogP contribution in [0.25, 0.3) is 0 Å². The lowest BCUT2D eigenvalue weighted by Crippen LogP contribution is -2.44. The van der Waals surface area contributed by atoms with E-state index in [0.29, 0.717) is 0 Å². The van der Waals surface area contributed by atoms with Gasteiger partial charge < -0.3 is 9.47 Å². The molecule has 2 aromatic carbocycles. The van der Waals surface area contributed by atoms with Crippen molar-refractivity contribution in [3.8, 4) is 0 Å². The van der Waals surface area contributed by atoms with Gasteiger partial charge in [-0.1, -0.05) is 47.5 Å². The molecule has 4 atom stereocenters. The second-order valence-corrected chi connectivity index (χ2v) is 7.93. The predicted octanol–water partition coefficient (Wildman–Crippen LogP) is 2.28. The molecule has 10 heteroatoms. The molecule has 0 unspecified atom stereocenters. The van der Waals surface area contributed by atoms with E-state index in [1.165, 1.54) is 36.4 Å². The Morgan fingerprint density at radius 2 is 0.969 bits per heavy atom. The average Bonchev–Trinajstić information content (AvgIpc) is 3.23. The van der Waals surface area contributed by atoms with Gasteiger partial charge in [0.15, 0.2) is 23.8 Å². The quantitative estimate of drug-likeness (QED) is 0.280. The van der Waals surface area contributed by atoms with Crippen molar-refractivity contribution in [3.05, 3.63) is 69.7 Å². The average molecular weight is 475 g/mol. The highest BCUT2D eigenvalue weighted by Crippen LogP contribution is 2.36. The fourth-order valence-corrected chi connectivity index (χ4v) is 4.22. The third kappa shape index (κ3) is 3.51. The summed E-state index contributed by atoms with van der Waals surface area (Å²) in [5.41, 5.74) is -0.138. The van der Waals surface area contributed by atoms with Crippen molar-refractivity contribution in [1.29, 1.82) is 0 Å². The van der Waals surface area contributed by atoms with Crippen LogP contribution < -0.4 is 0 Å². The summed E-state index contributed by atoms with van der Waals surface area (Å²) < 4.78 is 10.1. The fourth-order valence-electron chi connectivity index (χ4n) is 3.76. The topological polar surface area (TPSA) is 121 Å². The van der Waals surface area contributed by atoms with E-state index < -0.39 is 59.1 Å². The van der Waals surface area contributed by atoms with Crippen LogP contribution in [0.15, 0.2) is 48.5 Å². The molecule has 4 rings (SSSR count). The number of rotatable bonds is 5. The molecule has 2 fully saturated rings. The van der Waals surface area contributed by atoms with E-state index >= 15 is 0 Å². The number of carbonyl (C=O) groups is 6. The second kappa shape index (κ2) is 8.29. The first-order valence-corrected chi connectivity index (χ1v) is 10.0. The molecule has 0 radical (unpaired) electrons. The molecule has 0 aliphatic carbocycles. The van der Waals surface area contributed by atoms with E-state index in [9.17, 15) is 28.8 Å². The molecule has 0 aromatic heterocycles. The molecule has 2 heterocycles. The van der Waals surface area contributed by atoms with Crippen molar-refractivity contribution in [2.45, 2.75) is 12.2 Å². The standard InChI is InChI=1S/C22H12Cl2O8/c23-11-7-3-1-5-9(11)15(25)13-17(27)21(29)31-19(13)20-14(18(28)22(30)32-20)16(26)10-6-2-4-8-12(10)24/h1-8,13-14,19-20H/t13-,14+,19+,20-. The van der Waals surface area contributed by atoms with Crippen molar-refractivity contribution in [1.82, 2.24) is 0 Å². The van der Waals surface area contributed by atoms with Crippen LogP contribution in [0.3, 0.4) is 0 Å².